The number of hydrogen-bond donors (Lipinski definition) is 0. The Labute approximate surface area is 108 Å². The molecule has 1 aliphatic heterocycles. The molecule has 0 aromatic heterocycles. The number of carbonyl (C=O) groups excluding carboxylic acids is 1. The van der Waals surface area contributed by atoms with Crippen LogP contribution in [0.25, 0.3) is 0 Å². The third-order valence-corrected chi connectivity index (χ3v) is 3.71. The lowest BCUT2D eigenvalue weighted by Gasteiger charge is -2.18. The second-order valence-corrected chi connectivity index (χ2v) is 4.75. The maximum Gasteiger partial charge on any atom is 0.227 e. The van der Waals surface area contributed by atoms with Crippen molar-refractivity contribution in [3.05, 3.63) is 40.9 Å². The highest BCUT2D eigenvalue weighted by Gasteiger charge is 2.30. The molecule has 1 saturated heterocycles. The standard InChI is InChI=1S/C13H11BrN2O/c1-2-9-6-12(17)16(8-9)11-5-3-4-10(7-15)13(11)14/h2-5,9H,1,6,8H2. The summed E-state index contributed by atoms with van der Waals surface area (Å²) in [6.45, 7) is 4.35. The molecule has 1 heterocycles. The summed E-state index contributed by atoms with van der Waals surface area (Å²) >= 11 is 3.38. The lowest BCUT2D eigenvalue weighted by molar-refractivity contribution is -0.117. The Kier molecular flexibility index (Phi) is 3.30. The number of amides is 1. The first-order valence-electron chi connectivity index (χ1n) is 5.29. The average Bonchev–Trinajstić information content (AvgIpc) is 2.71. The first kappa shape index (κ1) is 11.9. The fraction of sp³-hybridized carbons (Fsp3) is 0.231. The van der Waals surface area contributed by atoms with E-state index in [2.05, 4.69) is 28.6 Å². The maximum atomic E-state index is 11.9. The Hall–Kier alpha value is -1.60. The van der Waals surface area contributed by atoms with Gasteiger partial charge in [-0.05, 0) is 28.1 Å². The summed E-state index contributed by atoms with van der Waals surface area (Å²) in [6.07, 6.45) is 2.30. The predicted molar refractivity (Wildman–Crippen MR) is 69.5 cm³/mol. The van der Waals surface area contributed by atoms with E-state index >= 15 is 0 Å². The molecule has 1 unspecified atom stereocenters. The molecule has 3 nitrogen and oxygen atoms in total. The molecule has 1 fully saturated rings. The van der Waals surface area contributed by atoms with Crippen LogP contribution in [0.15, 0.2) is 35.3 Å². The van der Waals surface area contributed by atoms with E-state index in [0.717, 1.165) is 5.69 Å². The van der Waals surface area contributed by atoms with Crippen LogP contribution in [0.3, 0.4) is 0 Å². The normalized spacial score (nSPS) is 19.2. The molecule has 0 N–H and O–H groups in total. The highest BCUT2D eigenvalue weighted by atomic mass is 79.9. The van der Waals surface area contributed by atoms with E-state index in [9.17, 15) is 4.79 Å². The van der Waals surface area contributed by atoms with Gasteiger partial charge in [0.05, 0.1) is 15.7 Å². The zero-order valence-electron chi connectivity index (χ0n) is 9.19. The van der Waals surface area contributed by atoms with E-state index in [4.69, 9.17) is 5.26 Å². The van der Waals surface area contributed by atoms with E-state index in [-0.39, 0.29) is 11.8 Å². The summed E-state index contributed by atoms with van der Waals surface area (Å²) in [5.74, 6) is 0.269. The van der Waals surface area contributed by atoms with Gasteiger partial charge >= 0.3 is 0 Å². The van der Waals surface area contributed by atoms with Crippen LogP contribution in [-0.2, 0) is 4.79 Å². The second-order valence-electron chi connectivity index (χ2n) is 3.95. The van der Waals surface area contributed by atoms with Gasteiger partial charge in [0.2, 0.25) is 5.91 Å². The summed E-state index contributed by atoms with van der Waals surface area (Å²) in [5, 5.41) is 8.95. The van der Waals surface area contributed by atoms with E-state index < -0.39 is 0 Å². The molecule has 17 heavy (non-hydrogen) atoms. The number of benzene rings is 1. The molecule has 86 valence electrons. The number of nitrogens with zero attached hydrogens (tertiary/aromatic N) is 2. The van der Waals surface area contributed by atoms with E-state index in [0.29, 0.717) is 23.0 Å². The van der Waals surface area contributed by atoms with Crippen LogP contribution in [0.2, 0.25) is 0 Å². The van der Waals surface area contributed by atoms with Gasteiger partial charge in [-0.2, -0.15) is 5.26 Å². The van der Waals surface area contributed by atoms with Crippen LogP contribution in [0, 0.1) is 17.2 Å². The van der Waals surface area contributed by atoms with Gasteiger partial charge in [-0.3, -0.25) is 4.79 Å². The maximum absolute atomic E-state index is 11.9. The third-order valence-electron chi connectivity index (χ3n) is 2.88. The summed E-state index contributed by atoms with van der Waals surface area (Å²) < 4.78 is 0.681. The third kappa shape index (κ3) is 2.11. The van der Waals surface area contributed by atoms with Gasteiger partial charge in [-0.25, -0.2) is 0 Å². The first-order chi connectivity index (χ1) is 8.17. The van der Waals surface area contributed by atoms with Crippen molar-refractivity contribution in [2.24, 2.45) is 5.92 Å². The number of hydrogen-bond acceptors (Lipinski definition) is 2. The van der Waals surface area contributed by atoms with Crippen molar-refractivity contribution >= 4 is 27.5 Å². The van der Waals surface area contributed by atoms with Crippen molar-refractivity contribution in [2.75, 3.05) is 11.4 Å². The zero-order chi connectivity index (χ0) is 12.4. The van der Waals surface area contributed by atoms with Crippen molar-refractivity contribution in [1.82, 2.24) is 0 Å². The van der Waals surface area contributed by atoms with Gasteiger partial charge in [-0.1, -0.05) is 12.1 Å². The molecular weight excluding hydrogens is 280 g/mol. The van der Waals surface area contributed by atoms with Crippen LogP contribution in [-0.4, -0.2) is 12.5 Å². The lowest BCUT2D eigenvalue weighted by Crippen LogP contribution is -2.24. The Bertz CT molecular complexity index is 519. The minimum Gasteiger partial charge on any atom is -0.311 e. The van der Waals surface area contributed by atoms with Gasteiger partial charge < -0.3 is 4.90 Å². The largest absolute Gasteiger partial charge is 0.311 e. The van der Waals surface area contributed by atoms with Crippen molar-refractivity contribution in [1.29, 1.82) is 5.26 Å². The topological polar surface area (TPSA) is 44.1 Å². The molecule has 0 aliphatic carbocycles. The molecule has 1 amide bonds. The Morgan fingerprint density at radius 3 is 2.94 bits per heavy atom. The van der Waals surface area contributed by atoms with Gasteiger partial charge in [0.15, 0.2) is 0 Å². The highest BCUT2D eigenvalue weighted by Crippen LogP contribution is 2.33. The number of rotatable bonds is 2. The molecule has 0 radical (unpaired) electrons. The van der Waals surface area contributed by atoms with E-state index in [1.165, 1.54) is 0 Å². The van der Waals surface area contributed by atoms with Crippen molar-refractivity contribution < 1.29 is 4.79 Å². The molecule has 2 rings (SSSR count). The summed E-state index contributed by atoms with van der Waals surface area (Å²) in [4.78, 5) is 13.6. The number of nitriles is 1. The number of halogens is 1. The van der Waals surface area contributed by atoms with Gasteiger partial charge in [0.1, 0.15) is 6.07 Å². The molecule has 1 atom stereocenters. The summed E-state index contributed by atoms with van der Waals surface area (Å²) in [6, 6.07) is 7.44. The molecule has 1 aliphatic rings. The molecule has 0 spiro atoms. The van der Waals surface area contributed by atoms with Crippen LogP contribution in [0.4, 0.5) is 5.69 Å². The monoisotopic (exact) mass is 290 g/mol. The van der Waals surface area contributed by atoms with Gasteiger partial charge in [-0.15, -0.1) is 6.58 Å². The first-order valence-corrected chi connectivity index (χ1v) is 6.08. The predicted octanol–water partition coefficient (Wildman–Crippen LogP) is 2.86. The zero-order valence-corrected chi connectivity index (χ0v) is 10.8. The summed E-state index contributed by atoms with van der Waals surface area (Å²) in [7, 11) is 0. The van der Waals surface area contributed by atoms with Crippen LogP contribution in [0.5, 0.6) is 0 Å². The molecule has 1 aromatic carbocycles. The van der Waals surface area contributed by atoms with E-state index in [1.807, 2.05) is 6.07 Å². The Morgan fingerprint density at radius 1 is 1.59 bits per heavy atom. The van der Waals surface area contributed by atoms with Crippen molar-refractivity contribution in [3.8, 4) is 6.07 Å². The highest BCUT2D eigenvalue weighted by molar-refractivity contribution is 9.10. The van der Waals surface area contributed by atoms with Gasteiger partial charge in [0.25, 0.3) is 0 Å². The van der Waals surface area contributed by atoms with Crippen LogP contribution < -0.4 is 4.90 Å². The van der Waals surface area contributed by atoms with Crippen LogP contribution in [0.1, 0.15) is 12.0 Å². The summed E-state index contributed by atoms with van der Waals surface area (Å²) in [5.41, 5.74) is 1.30. The van der Waals surface area contributed by atoms with E-state index in [1.54, 1.807) is 23.1 Å². The Balaban J connectivity index is 2.39. The Morgan fingerprint density at radius 2 is 2.35 bits per heavy atom. The fourth-order valence-electron chi connectivity index (χ4n) is 1.94. The smallest absolute Gasteiger partial charge is 0.227 e. The minimum absolute atomic E-state index is 0.0747. The number of carbonyl (C=O) groups is 1. The number of anilines is 1. The second kappa shape index (κ2) is 4.72. The van der Waals surface area contributed by atoms with Crippen LogP contribution >= 0.6 is 15.9 Å². The SMILES string of the molecule is C=CC1CC(=O)N(c2cccc(C#N)c2Br)C1. The fourth-order valence-corrected chi connectivity index (χ4v) is 2.51. The molecule has 4 heteroatoms. The minimum atomic E-state index is 0.0747. The average molecular weight is 291 g/mol. The van der Waals surface area contributed by atoms with Crippen molar-refractivity contribution in [3.63, 3.8) is 0 Å². The lowest BCUT2D eigenvalue weighted by atomic mass is 10.1. The quantitative estimate of drug-likeness (QED) is 0.786. The van der Waals surface area contributed by atoms with Crippen molar-refractivity contribution in [2.45, 2.75) is 6.42 Å². The molecular formula is C13H11BrN2O. The molecule has 0 saturated carbocycles. The molecule has 1 aromatic rings. The van der Waals surface area contributed by atoms with Gasteiger partial charge in [0, 0.05) is 18.9 Å². The molecule has 0 bridgehead atoms.